The number of aryl methyl sites for hydroxylation is 2. The fourth-order valence-corrected chi connectivity index (χ4v) is 3.25. The van der Waals surface area contributed by atoms with Gasteiger partial charge in [-0.25, -0.2) is 4.98 Å². The smallest absolute Gasteiger partial charge is 0.266 e. The lowest BCUT2D eigenvalue weighted by Crippen LogP contribution is -2.85. The summed E-state index contributed by atoms with van der Waals surface area (Å²) in [5, 5.41) is 2.91. The van der Waals surface area contributed by atoms with Crippen LogP contribution in [0.2, 0.25) is 0 Å². The van der Waals surface area contributed by atoms with Gasteiger partial charge in [0, 0.05) is 6.42 Å². The summed E-state index contributed by atoms with van der Waals surface area (Å²) in [7, 11) is 0. The second-order valence-electron chi connectivity index (χ2n) is 6.55. The Labute approximate surface area is 148 Å². The number of fused-ring (bicyclic) bond motifs is 1. The van der Waals surface area contributed by atoms with E-state index in [0.717, 1.165) is 30.0 Å². The van der Waals surface area contributed by atoms with Gasteiger partial charge < -0.3 is 5.32 Å². The molecule has 0 radical (unpaired) electrons. The number of aromatic nitrogens is 2. The molecule has 0 aliphatic rings. The summed E-state index contributed by atoms with van der Waals surface area (Å²) in [6, 6.07) is 13.9. The van der Waals surface area contributed by atoms with Crippen LogP contribution in [0.5, 0.6) is 0 Å². The summed E-state index contributed by atoms with van der Waals surface area (Å²) in [6.45, 7) is 9.38. The standard InChI is InChI=1S/C21H25N3O/c1-5-18(22-6-2)20-23-19-10-8-7-9-17(19)21(25)24(20)16-12-11-14(3)15(4)13-16/h7-13,18,22H,5-6H2,1-4H3/p+1/t18-/m1/s1. The summed E-state index contributed by atoms with van der Waals surface area (Å²) >= 11 is 0. The Morgan fingerprint density at radius 2 is 1.84 bits per heavy atom. The van der Waals surface area contributed by atoms with Crippen molar-refractivity contribution in [3.05, 3.63) is 69.8 Å². The Hall–Kier alpha value is -2.46. The van der Waals surface area contributed by atoms with E-state index in [1.807, 2.05) is 30.3 Å². The zero-order valence-corrected chi connectivity index (χ0v) is 15.4. The van der Waals surface area contributed by atoms with Crippen LogP contribution in [-0.4, -0.2) is 16.1 Å². The second kappa shape index (κ2) is 7.19. The van der Waals surface area contributed by atoms with Crippen molar-refractivity contribution >= 4 is 10.9 Å². The van der Waals surface area contributed by atoms with E-state index < -0.39 is 0 Å². The Morgan fingerprint density at radius 1 is 1.08 bits per heavy atom. The van der Waals surface area contributed by atoms with Crippen LogP contribution in [0.25, 0.3) is 16.6 Å². The fraction of sp³-hybridized carbons (Fsp3) is 0.333. The van der Waals surface area contributed by atoms with Gasteiger partial charge in [-0.3, -0.25) is 9.36 Å². The van der Waals surface area contributed by atoms with Crippen molar-refractivity contribution in [2.24, 2.45) is 0 Å². The number of rotatable bonds is 5. The molecule has 3 rings (SSSR count). The third-order valence-corrected chi connectivity index (χ3v) is 4.84. The number of benzene rings is 2. The largest absolute Gasteiger partial charge is 0.338 e. The first kappa shape index (κ1) is 17.4. The molecule has 0 aliphatic heterocycles. The minimum absolute atomic E-state index is 0.00630. The number of nitrogens with two attached hydrogens (primary N) is 1. The first-order chi connectivity index (χ1) is 12.1. The molecule has 25 heavy (non-hydrogen) atoms. The highest BCUT2D eigenvalue weighted by molar-refractivity contribution is 5.77. The van der Waals surface area contributed by atoms with Crippen molar-refractivity contribution in [2.75, 3.05) is 6.54 Å². The Morgan fingerprint density at radius 3 is 2.52 bits per heavy atom. The average molecular weight is 336 g/mol. The highest BCUT2D eigenvalue weighted by atomic mass is 16.1. The maximum atomic E-state index is 13.3. The molecule has 0 fully saturated rings. The molecule has 1 aromatic heterocycles. The summed E-state index contributed by atoms with van der Waals surface area (Å²) in [6.07, 6.45) is 0.920. The predicted molar refractivity (Wildman–Crippen MR) is 102 cm³/mol. The molecule has 0 spiro atoms. The monoisotopic (exact) mass is 336 g/mol. The number of para-hydroxylation sites is 1. The molecule has 2 aromatic carbocycles. The van der Waals surface area contributed by atoms with Crippen LogP contribution >= 0.6 is 0 Å². The van der Waals surface area contributed by atoms with Crippen LogP contribution in [-0.2, 0) is 0 Å². The van der Waals surface area contributed by atoms with Crippen molar-refractivity contribution in [3.63, 3.8) is 0 Å². The van der Waals surface area contributed by atoms with Crippen molar-refractivity contribution in [1.29, 1.82) is 0 Å². The number of hydrogen-bond donors (Lipinski definition) is 1. The van der Waals surface area contributed by atoms with E-state index in [-0.39, 0.29) is 11.6 Å². The maximum Gasteiger partial charge on any atom is 0.266 e. The van der Waals surface area contributed by atoms with E-state index in [1.165, 1.54) is 11.1 Å². The lowest BCUT2D eigenvalue weighted by molar-refractivity contribution is -0.694. The topological polar surface area (TPSA) is 51.5 Å². The predicted octanol–water partition coefficient (Wildman–Crippen LogP) is 3.04. The first-order valence-corrected chi connectivity index (χ1v) is 8.99. The zero-order valence-electron chi connectivity index (χ0n) is 15.4. The maximum absolute atomic E-state index is 13.3. The molecule has 4 nitrogen and oxygen atoms in total. The molecule has 4 heteroatoms. The summed E-state index contributed by atoms with van der Waals surface area (Å²) in [5.74, 6) is 0.830. The quantitative estimate of drug-likeness (QED) is 0.778. The van der Waals surface area contributed by atoms with Crippen LogP contribution in [0.15, 0.2) is 47.3 Å². The molecule has 2 N–H and O–H groups in total. The van der Waals surface area contributed by atoms with Crippen molar-refractivity contribution in [3.8, 4) is 5.69 Å². The molecule has 1 atom stereocenters. The van der Waals surface area contributed by atoms with Crippen LogP contribution in [0.3, 0.4) is 0 Å². The summed E-state index contributed by atoms with van der Waals surface area (Å²) in [5.41, 5.74) is 4.07. The van der Waals surface area contributed by atoms with Gasteiger partial charge in [0.05, 0.1) is 23.1 Å². The van der Waals surface area contributed by atoms with Gasteiger partial charge in [0.25, 0.3) is 5.56 Å². The normalized spacial score (nSPS) is 12.5. The van der Waals surface area contributed by atoms with Crippen LogP contribution in [0.4, 0.5) is 0 Å². The Balaban J connectivity index is 2.35. The van der Waals surface area contributed by atoms with Gasteiger partial charge in [-0.05, 0) is 56.2 Å². The SMILES string of the molecule is CC[NH2+][C@H](CC)c1nc2ccccc2c(=O)n1-c1ccc(C)c(C)c1. The molecule has 130 valence electrons. The van der Waals surface area contributed by atoms with E-state index >= 15 is 0 Å². The van der Waals surface area contributed by atoms with Gasteiger partial charge in [0.2, 0.25) is 0 Å². The Bertz CT molecular complexity index is 959. The minimum atomic E-state index is 0.00630. The van der Waals surface area contributed by atoms with Gasteiger partial charge in [-0.15, -0.1) is 0 Å². The van der Waals surface area contributed by atoms with Crippen molar-refractivity contribution in [1.82, 2.24) is 9.55 Å². The molecule has 0 saturated carbocycles. The van der Waals surface area contributed by atoms with Crippen molar-refractivity contribution < 1.29 is 5.32 Å². The van der Waals surface area contributed by atoms with Gasteiger partial charge in [0.15, 0.2) is 5.82 Å². The first-order valence-electron chi connectivity index (χ1n) is 8.99. The zero-order chi connectivity index (χ0) is 18.0. The average Bonchev–Trinajstić information content (AvgIpc) is 2.62. The summed E-state index contributed by atoms with van der Waals surface area (Å²) in [4.78, 5) is 18.2. The minimum Gasteiger partial charge on any atom is -0.338 e. The molecule has 0 bridgehead atoms. The van der Waals surface area contributed by atoms with Gasteiger partial charge >= 0.3 is 0 Å². The molecule has 0 unspecified atom stereocenters. The molecule has 0 amide bonds. The van der Waals surface area contributed by atoms with E-state index in [9.17, 15) is 4.79 Å². The fourth-order valence-electron chi connectivity index (χ4n) is 3.25. The van der Waals surface area contributed by atoms with E-state index in [1.54, 1.807) is 4.57 Å². The van der Waals surface area contributed by atoms with Gasteiger partial charge in [-0.1, -0.05) is 25.1 Å². The summed E-state index contributed by atoms with van der Waals surface area (Å²) < 4.78 is 1.80. The lowest BCUT2D eigenvalue weighted by atomic mass is 10.1. The highest BCUT2D eigenvalue weighted by Crippen LogP contribution is 2.20. The van der Waals surface area contributed by atoms with Crippen molar-refractivity contribution in [2.45, 2.75) is 40.2 Å². The van der Waals surface area contributed by atoms with Crippen LogP contribution < -0.4 is 10.9 Å². The Kier molecular flexibility index (Phi) is 5.00. The number of hydrogen-bond acceptors (Lipinski definition) is 2. The van der Waals surface area contributed by atoms with Gasteiger partial charge in [0.1, 0.15) is 6.04 Å². The van der Waals surface area contributed by atoms with E-state index in [4.69, 9.17) is 4.98 Å². The van der Waals surface area contributed by atoms with Crippen LogP contribution in [0.1, 0.15) is 43.3 Å². The number of quaternary nitrogens is 1. The van der Waals surface area contributed by atoms with E-state index in [2.05, 4.69) is 45.1 Å². The highest BCUT2D eigenvalue weighted by Gasteiger charge is 2.22. The van der Waals surface area contributed by atoms with E-state index in [0.29, 0.717) is 5.39 Å². The molecular formula is C21H26N3O+. The van der Waals surface area contributed by atoms with Gasteiger partial charge in [-0.2, -0.15) is 0 Å². The third-order valence-electron chi connectivity index (χ3n) is 4.84. The third kappa shape index (κ3) is 3.22. The lowest BCUT2D eigenvalue weighted by Gasteiger charge is -2.19. The second-order valence-corrected chi connectivity index (χ2v) is 6.55. The van der Waals surface area contributed by atoms with Crippen LogP contribution in [0, 0.1) is 13.8 Å². The molecular weight excluding hydrogens is 310 g/mol. The molecule has 3 aromatic rings. The molecule has 1 heterocycles. The number of nitrogens with zero attached hydrogens (tertiary/aromatic N) is 2. The molecule has 0 saturated heterocycles. The molecule has 0 aliphatic carbocycles.